The summed E-state index contributed by atoms with van der Waals surface area (Å²) >= 11 is 0. The Balaban J connectivity index is 2.57. The lowest BCUT2D eigenvalue weighted by molar-refractivity contribution is 0.103. The highest BCUT2D eigenvalue weighted by molar-refractivity contribution is 7.90. The number of nitrogens with zero attached hydrogens (tertiary/aromatic N) is 2. The molecule has 0 aliphatic carbocycles. The van der Waals surface area contributed by atoms with E-state index in [4.69, 9.17) is 0 Å². The molecule has 2 aromatic rings. The molecule has 6 heteroatoms. The third-order valence-electron chi connectivity index (χ3n) is 2.27. The molecule has 0 bridgehead atoms. The van der Waals surface area contributed by atoms with Crippen molar-refractivity contribution in [3.8, 4) is 0 Å². The van der Waals surface area contributed by atoms with Gasteiger partial charge < -0.3 is 0 Å². The predicted molar refractivity (Wildman–Crippen MR) is 65.0 cm³/mol. The number of aromatic nitrogens is 2. The van der Waals surface area contributed by atoms with Crippen LogP contribution in [-0.4, -0.2) is 30.4 Å². The largest absolute Gasteiger partial charge is 0.287 e. The Morgan fingerprint density at radius 2 is 1.67 bits per heavy atom. The lowest BCUT2D eigenvalue weighted by atomic mass is 10.1. The average molecular weight is 262 g/mol. The van der Waals surface area contributed by atoms with Crippen molar-refractivity contribution in [2.45, 2.75) is 5.03 Å². The summed E-state index contributed by atoms with van der Waals surface area (Å²) in [5.41, 5.74) is 0.231. The molecule has 0 saturated carbocycles. The highest BCUT2D eigenvalue weighted by atomic mass is 32.2. The fourth-order valence-corrected chi connectivity index (χ4v) is 2.23. The van der Waals surface area contributed by atoms with E-state index < -0.39 is 15.6 Å². The average Bonchev–Trinajstić information content (AvgIpc) is 2.38. The third kappa shape index (κ3) is 2.43. The molecule has 1 aromatic heterocycles. The molecule has 0 spiro atoms. The van der Waals surface area contributed by atoms with Gasteiger partial charge in [0.05, 0.1) is 0 Å². The summed E-state index contributed by atoms with van der Waals surface area (Å²) < 4.78 is 23.1. The second-order valence-corrected chi connectivity index (χ2v) is 5.61. The summed E-state index contributed by atoms with van der Waals surface area (Å²) in [5.74, 6) is -0.455. The Hall–Kier alpha value is -2.08. The molecule has 18 heavy (non-hydrogen) atoms. The molecule has 1 aromatic carbocycles. The normalized spacial score (nSPS) is 11.2. The van der Waals surface area contributed by atoms with Crippen LogP contribution >= 0.6 is 0 Å². The molecule has 0 radical (unpaired) electrons. The number of hydrogen-bond acceptors (Lipinski definition) is 5. The van der Waals surface area contributed by atoms with E-state index in [-0.39, 0.29) is 10.7 Å². The second kappa shape index (κ2) is 4.66. The summed E-state index contributed by atoms with van der Waals surface area (Å²) in [6.07, 6.45) is 3.54. The molecule has 0 aliphatic rings. The van der Waals surface area contributed by atoms with Crippen LogP contribution in [0.1, 0.15) is 16.1 Å². The van der Waals surface area contributed by atoms with Crippen molar-refractivity contribution in [1.29, 1.82) is 0 Å². The van der Waals surface area contributed by atoms with Gasteiger partial charge in [0.2, 0.25) is 5.78 Å². The summed E-state index contributed by atoms with van der Waals surface area (Å²) in [4.78, 5) is 19.7. The molecule has 2 rings (SSSR count). The molecule has 1 heterocycles. The summed E-state index contributed by atoms with van der Waals surface area (Å²) in [5, 5.41) is -0.293. The first kappa shape index (κ1) is 12.4. The van der Waals surface area contributed by atoms with E-state index in [2.05, 4.69) is 9.97 Å². The minimum Gasteiger partial charge on any atom is -0.287 e. The predicted octanol–water partition coefficient (Wildman–Crippen LogP) is 1.11. The monoisotopic (exact) mass is 262 g/mol. The van der Waals surface area contributed by atoms with Crippen LogP contribution in [0.5, 0.6) is 0 Å². The number of ketones is 1. The van der Waals surface area contributed by atoms with Crippen molar-refractivity contribution in [1.82, 2.24) is 9.97 Å². The molecule has 0 fully saturated rings. The van der Waals surface area contributed by atoms with Crippen LogP contribution in [0.15, 0.2) is 47.8 Å². The van der Waals surface area contributed by atoms with E-state index in [1.807, 2.05) is 0 Å². The van der Waals surface area contributed by atoms with Crippen LogP contribution in [0.4, 0.5) is 0 Å². The Morgan fingerprint density at radius 1 is 1.06 bits per heavy atom. The SMILES string of the molecule is CS(=O)(=O)c1nccnc1C(=O)c1ccccc1. The molecule has 92 valence electrons. The Kier molecular flexibility index (Phi) is 3.20. The summed E-state index contributed by atoms with van der Waals surface area (Å²) in [6.45, 7) is 0. The Morgan fingerprint density at radius 3 is 2.28 bits per heavy atom. The van der Waals surface area contributed by atoms with E-state index >= 15 is 0 Å². The maximum absolute atomic E-state index is 12.1. The van der Waals surface area contributed by atoms with Gasteiger partial charge in [-0.15, -0.1) is 0 Å². The first-order valence-corrected chi connectivity index (χ1v) is 7.00. The summed E-state index contributed by atoms with van der Waals surface area (Å²) in [7, 11) is -3.58. The molecule has 0 atom stereocenters. The maximum atomic E-state index is 12.1. The van der Waals surface area contributed by atoms with E-state index in [9.17, 15) is 13.2 Å². The van der Waals surface area contributed by atoms with Crippen molar-refractivity contribution in [2.24, 2.45) is 0 Å². The number of benzene rings is 1. The van der Waals surface area contributed by atoms with E-state index in [1.54, 1.807) is 30.3 Å². The van der Waals surface area contributed by atoms with Crippen LogP contribution in [0.25, 0.3) is 0 Å². The van der Waals surface area contributed by atoms with Crippen LogP contribution in [-0.2, 0) is 9.84 Å². The molecule has 0 aliphatic heterocycles. The number of rotatable bonds is 3. The van der Waals surface area contributed by atoms with Gasteiger partial charge in [-0.25, -0.2) is 18.4 Å². The first-order chi connectivity index (χ1) is 8.50. The van der Waals surface area contributed by atoms with Gasteiger partial charge in [-0.2, -0.15) is 0 Å². The van der Waals surface area contributed by atoms with Crippen LogP contribution in [0.2, 0.25) is 0 Å². The minimum absolute atomic E-state index is 0.147. The Labute approximate surface area is 104 Å². The lowest BCUT2D eigenvalue weighted by Gasteiger charge is -2.04. The van der Waals surface area contributed by atoms with Crippen LogP contribution < -0.4 is 0 Å². The molecule has 0 saturated heterocycles. The van der Waals surface area contributed by atoms with Gasteiger partial charge in [0, 0.05) is 24.2 Å². The Bertz CT molecular complexity index is 681. The summed E-state index contributed by atoms with van der Waals surface area (Å²) in [6, 6.07) is 8.37. The smallest absolute Gasteiger partial charge is 0.214 e. The first-order valence-electron chi connectivity index (χ1n) is 5.11. The number of hydrogen-bond donors (Lipinski definition) is 0. The second-order valence-electron chi connectivity index (χ2n) is 3.68. The maximum Gasteiger partial charge on any atom is 0.214 e. The molecule has 5 nitrogen and oxygen atoms in total. The fraction of sp³-hybridized carbons (Fsp3) is 0.0833. The topological polar surface area (TPSA) is 77.0 Å². The van der Waals surface area contributed by atoms with E-state index in [0.29, 0.717) is 5.56 Å². The van der Waals surface area contributed by atoms with Crippen molar-refractivity contribution in [3.05, 3.63) is 54.0 Å². The fourth-order valence-electron chi connectivity index (χ4n) is 1.48. The lowest BCUT2D eigenvalue weighted by Crippen LogP contribution is -2.13. The molecular weight excluding hydrogens is 252 g/mol. The van der Waals surface area contributed by atoms with Crippen LogP contribution in [0, 0.1) is 0 Å². The van der Waals surface area contributed by atoms with Gasteiger partial charge in [0.25, 0.3) is 0 Å². The zero-order valence-corrected chi connectivity index (χ0v) is 10.4. The van der Waals surface area contributed by atoms with E-state index in [0.717, 1.165) is 6.26 Å². The highest BCUT2D eigenvalue weighted by Crippen LogP contribution is 2.14. The standard InChI is InChI=1S/C12H10N2O3S/c1-18(16,17)12-10(13-7-8-14-12)11(15)9-5-3-2-4-6-9/h2-8H,1H3. The number of carbonyl (C=O) groups excluding carboxylic acids is 1. The zero-order chi connectivity index (χ0) is 13.2. The van der Waals surface area contributed by atoms with Crippen LogP contribution in [0.3, 0.4) is 0 Å². The van der Waals surface area contributed by atoms with Gasteiger partial charge in [-0.3, -0.25) is 4.79 Å². The minimum atomic E-state index is -3.58. The van der Waals surface area contributed by atoms with Crippen molar-refractivity contribution in [3.63, 3.8) is 0 Å². The van der Waals surface area contributed by atoms with Gasteiger partial charge in [-0.05, 0) is 0 Å². The van der Waals surface area contributed by atoms with Gasteiger partial charge >= 0.3 is 0 Å². The van der Waals surface area contributed by atoms with Gasteiger partial charge in [0.1, 0.15) is 5.69 Å². The third-order valence-corrected chi connectivity index (χ3v) is 3.27. The van der Waals surface area contributed by atoms with E-state index in [1.165, 1.54) is 12.4 Å². The van der Waals surface area contributed by atoms with Gasteiger partial charge in [0.15, 0.2) is 14.9 Å². The highest BCUT2D eigenvalue weighted by Gasteiger charge is 2.22. The molecular formula is C12H10N2O3S. The number of sulfone groups is 1. The van der Waals surface area contributed by atoms with Crippen molar-refractivity contribution < 1.29 is 13.2 Å². The molecule has 0 unspecified atom stereocenters. The van der Waals surface area contributed by atoms with Crippen molar-refractivity contribution in [2.75, 3.05) is 6.26 Å². The molecule has 0 amide bonds. The molecule has 0 N–H and O–H groups in total. The number of carbonyl (C=O) groups is 1. The van der Waals surface area contributed by atoms with Gasteiger partial charge in [-0.1, -0.05) is 30.3 Å². The van der Waals surface area contributed by atoms with Crippen molar-refractivity contribution >= 4 is 15.6 Å². The quantitative estimate of drug-likeness (QED) is 0.774. The zero-order valence-electron chi connectivity index (χ0n) is 9.57.